The topological polar surface area (TPSA) is 84.8 Å². The molecule has 0 fully saturated rings. The molecule has 0 bridgehead atoms. The molecular formula is C17H16BrClN4OS. The Bertz CT molecular complexity index is 1010. The molecule has 3 rings (SSSR count). The van der Waals surface area contributed by atoms with Crippen molar-refractivity contribution in [1.82, 2.24) is 9.55 Å². The van der Waals surface area contributed by atoms with Crippen LogP contribution in [0, 0.1) is 12.3 Å². The summed E-state index contributed by atoms with van der Waals surface area (Å²) in [6.45, 7) is 1.86. The number of amidine groups is 1. The summed E-state index contributed by atoms with van der Waals surface area (Å²) < 4.78 is 1.56. The van der Waals surface area contributed by atoms with Gasteiger partial charge in [-0.05, 0) is 36.8 Å². The molecule has 3 N–H and O–H groups in total. The Morgan fingerprint density at radius 1 is 1.28 bits per heavy atom. The molecule has 0 saturated carbocycles. The first-order chi connectivity index (χ1) is 11.5. The normalized spacial score (nSPS) is 10.5. The second kappa shape index (κ2) is 8.03. The number of rotatable bonds is 3. The number of nitrogens with two attached hydrogens (primary N) is 1. The number of para-hydroxylation sites is 1. The van der Waals surface area contributed by atoms with Crippen LogP contribution < -0.4 is 11.3 Å². The number of hydrogen-bond donors (Lipinski definition) is 2. The van der Waals surface area contributed by atoms with Crippen LogP contribution in [-0.4, -0.2) is 14.7 Å². The highest BCUT2D eigenvalue weighted by molar-refractivity contribution is 8.93. The number of hydrogen-bond acceptors (Lipinski definition) is 4. The molecule has 0 aliphatic rings. The standard InChI is InChI=1S/C17H15ClN4OS.BrH/c1-10-12(18)6-4-8-14(10)22-15(9-24-17(19)20)21-13-7-3-2-5-11(13)16(22)23;/h2-8H,9H2,1H3,(H3,19,20);1H. The van der Waals surface area contributed by atoms with E-state index in [0.717, 1.165) is 17.3 Å². The molecule has 0 saturated heterocycles. The fourth-order valence-electron chi connectivity index (χ4n) is 2.50. The third kappa shape index (κ3) is 3.89. The number of fused-ring (bicyclic) bond motifs is 1. The van der Waals surface area contributed by atoms with Crippen molar-refractivity contribution in [3.63, 3.8) is 0 Å². The van der Waals surface area contributed by atoms with Gasteiger partial charge in [-0.25, -0.2) is 4.98 Å². The van der Waals surface area contributed by atoms with Crippen LogP contribution in [0.25, 0.3) is 16.6 Å². The lowest BCUT2D eigenvalue weighted by Crippen LogP contribution is -2.24. The zero-order valence-electron chi connectivity index (χ0n) is 13.3. The molecule has 0 radical (unpaired) electrons. The second-order valence-corrected chi connectivity index (χ2v) is 6.65. The number of aromatic nitrogens is 2. The summed E-state index contributed by atoms with van der Waals surface area (Å²) in [7, 11) is 0. The van der Waals surface area contributed by atoms with Crippen molar-refractivity contribution in [2.24, 2.45) is 5.73 Å². The molecule has 8 heteroatoms. The second-order valence-electron chi connectivity index (χ2n) is 5.22. The minimum Gasteiger partial charge on any atom is -0.379 e. The molecule has 0 aliphatic carbocycles. The van der Waals surface area contributed by atoms with E-state index in [2.05, 4.69) is 4.98 Å². The van der Waals surface area contributed by atoms with Gasteiger partial charge in [-0.3, -0.25) is 14.8 Å². The van der Waals surface area contributed by atoms with Crippen LogP contribution in [0.5, 0.6) is 0 Å². The highest BCUT2D eigenvalue weighted by atomic mass is 79.9. The van der Waals surface area contributed by atoms with Crippen molar-refractivity contribution in [2.75, 3.05) is 0 Å². The molecule has 0 atom stereocenters. The molecular weight excluding hydrogens is 424 g/mol. The zero-order chi connectivity index (χ0) is 17.3. The molecule has 1 aromatic heterocycles. The highest BCUT2D eigenvalue weighted by Gasteiger charge is 2.15. The third-order valence-corrected chi connectivity index (χ3v) is 4.80. The van der Waals surface area contributed by atoms with Crippen LogP contribution in [0.15, 0.2) is 47.3 Å². The molecule has 25 heavy (non-hydrogen) atoms. The fraction of sp³-hybridized carbons (Fsp3) is 0.118. The average molecular weight is 440 g/mol. The van der Waals surface area contributed by atoms with Crippen molar-refractivity contribution in [3.8, 4) is 5.69 Å². The van der Waals surface area contributed by atoms with Crippen LogP contribution in [0.4, 0.5) is 0 Å². The molecule has 0 amide bonds. The van der Waals surface area contributed by atoms with Crippen LogP contribution in [0.3, 0.4) is 0 Å². The van der Waals surface area contributed by atoms with E-state index in [-0.39, 0.29) is 27.7 Å². The van der Waals surface area contributed by atoms with Gasteiger partial charge in [0.15, 0.2) is 5.17 Å². The summed E-state index contributed by atoms with van der Waals surface area (Å²) in [5.41, 5.74) is 7.39. The van der Waals surface area contributed by atoms with E-state index < -0.39 is 0 Å². The quantitative estimate of drug-likeness (QED) is 0.476. The van der Waals surface area contributed by atoms with Gasteiger partial charge in [0.2, 0.25) is 0 Å². The van der Waals surface area contributed by atoms with Crippen molar-refractivity contribution in [2.45, 2.75) is 12.7 Å². The van der Waals surface area contributed by atoms with Crippen molar-refractivity contribution in [1.29, 1.82) is 5.41 Å². The molecule has 0 aliphatic heterocycles. The van der Waals surface area contributed by atoms with Crippen LogP contribution in [-0.2, 0) is 5.75 Å². The van der Waals surface area contributed by atoms with E-state index in [1.54, 1.807) is 28.8 Å². The number of thioether (sulfide) groups is 1. The Morgan fingerprint density at radius 3 is 2.72 bits per heavy atom. The SMILES string of the molecule is Br.Cc1c(Cl)cccc1-n1c(CSC(=N)N)nc2ccccc2c1=O. The number of halogens is 2. The summed E-state index contributed by atoms with van der Waals surface area (Å²) >= 11 is 7.35. The lowest BCUT2D eigenvalue weighted by atomic mass is 10.2. The van der Waals surface area contributed by atoms with E-state index in [9.17, 15) is 4.79 Å². The number of nitrogens with one attached hydrogen (secondary N) is 1. The van der Waals surface area contributed by atoms with Gasteiger partial charge in [0.05, 0.1) is 22.3 Å². The summed E-state index contributed by atoms with van der Waals surface area (Å²) in [4.78, 5) is 17.6. The Morgan fingerprint density at radius 2 is 2.00 bits per heavy atom. The smallest absolute Gasteiger partial charge is 0.266 e. The van der Waals surface area contributed by atoms with Crippen molar-refractivity contribution >= 4 is 56.4 Å². The Balaban J connectivity index is 0.00000225. The Kier molecular flexibility index (Phi) is 6.26. The maximum absolute atomic E-state index is 13.0. The van der Waals surface area contributed by atoms with E-state index >= 15 is 0 Å². The van der Waals surface area contributed by atoms with Crippen LogP contribution in [0.2, 0.25) is 5.02 Å². The Hall–Kier alpha value is -1.83. The van der Waals surface area contributed by atoms with E-state index in [1.807, 2.05) is 25.1 Å². The summed E-state index contributed by atoms with van der Waals surface area (Å²) in [6.07, 6.45) is 0. The fourth-order valence-corrected chi connectivity index (χ4v) is 3.15. The van der Waals surface area contributed by atoms with Crippen molar-refractivity contribution in [3.05, 3.63) is 69.2 Å². The molecule has 0 spiro atoms. The maximum Gasteiger partial charge on any atom is 0.266 e. The maximum atomic E-state index is 13.0. The molecule has 3 aromatic rings. The summed E-state index contributed by atoms with van der Waals surface area (Å²) in [6, 6.07) is 12.6. The zero-order valence-corrected chi connectivity index (χ0v) is 16.6. The first kappa shape index (κ1) is 19.5. The van der Waals surface area contributed by atoms with Gasteiger partial charge in [-0.1, -0.05) is 41.6 Å². The molecule has 2 aromatic carbocycles. The molecule has 5 nitrogen and oxygen atoms in total. The van der Waals surface area contributed by atoms with E-state index in [4.69, 9.17) is 22.7 Å². The average Bonchev–Trinajstić information content (AvgIpc) is 2.56. The van der Waals surface area contributed by atoms with Crippen molar-refractivity contribution < 1.29 is 0 Å². The van der Waals surface area contributed by atoms with Gasteiger partial charge < -0.3 is 5.73 Å². The summed E-state index contributed by atoms with van der Waals surface area (Å²) in [5.74, 6) is 0.853. The number of benzene rings is 2. The minimum atomic E-state index is -0.162. The van der Waals surface area contributed by atoms with Gasteiger partial charge >= 0.3 is 0 Å². The molecule has 1 heterocycles. The van der Waals surface area contributed by atoms with E-state index in [1.165, 1.54) is 0 Å². The predicted octanol–water partition coefficient (Wildman–Crippen LogP) is 4.05. The highest BCUT2D eigenvalue weighted by Crippen LogP contribution is 2.24. The Labute approximate surface area is 164 Å². The van der Waals surface area contributed by atoms with Gasteiger partial charge in [0.25, 0.3) is 5.56 Å². The lowest BCUT2D eigenvalue weighted by molar-refractivity contribution is 0.878. The minimum absolute atomic E-state index is 0. The van der Waals surface area contributed by atoms with Gasteiger partial charge in [-0.15, -0.1) is 17.0 Å². The van der Waals surface area contributed by atoms with E-state index in [0.29, 0.717) is 33.2 Å². The first-order valence-corrected chi connectivity index (χ1v) is 8.58. The van der Waals surface area contributed by atoms with Crippen LogP contribution >= 0.6 is 40.3 Å². The monoisotopic (exact) mass is 438 g/mol. The lowest BCUT2D eigenvalue weighted by Gasteiger charge is -2.16. The van der Waals surface area contributed by atoms with Gasteiger partial charge in [-0.2, -0.15) is 0 Å². The van der Waals surface area contributed by atoms with Gasteiger partial charge in [0.1, 0.15) is 5.82 Å². The molecule has 130 valence electrons. The largest absolute Gasteiger partial charge is 0.379 e. The first-order valence-electron chi connectivity index (χ1n) is 7.22. The predicted molar refractivity (Wildman–Crippen MR) is 111 cm³/mol. The third-order valence-electron chi connectivity index (χ3n) is 3.68. The van der Waals surface area contributed by atoms with Gasteiger partial charge in [0, 0.05) is 5.02 Å². The summed E-state index contributed by atoms with van der Waals surface area (Å²) in [5, 5.41) is 8.51. The van der Waals surface area contributed by atoms with Crippen LogP contribution in [0.1, 0.15) is 11.4 Å². The molecule has 0 unspecified atom stereocenters. The number of nitrogens with zero attached hydrogens (tertiary/aromatic N) is 2.